The Kier molecular flexibility index (Phi) is 7.00. The van der Waals surface area contributed by atoms with Crippen molar-refractivity contribution in [2.24, 2.45) is 0 Å². The number of rotatable bonds is 6. The van der Waals surface area contributed by atoms with Crippen LogP contribution in [0.3, 0.4) is 0 Å². The van der Waals surface area contributed by atoms with Gasteiger partial charge in [0.25, 0.3) is 0 Å². The molecule has 8 aromatic carbocycles. The van der Waals surface area contributed by atoms with Crippen molar-refractivity contribution in [2.75, 3.05) is 4.90 Å². The van der Waals surface area contributed by atoms with Gasteiger partial charge in [-0.05, 0) is 94.2 Å². The van der Waals surface area contributed by atoms with Crippen LogP contribution in [0.25, 0.3) is 75.8 Å². The first-order chi connectivity index (χ1) is 25.2. The van der Waals surface area contributed by atoms with Crippen molar-refractivity contribution >= 4 is 70.4 Å². The molecule has 0 atom stereocenters. The lowest BCUT2D eigenvalue weighted by Crippen LogP contribution is -2.10. The third-order valence-corrected chi connectivity index (χ3v) is 10.8. The van der Waals surface area contributed by atoms with E-state index in [1.807, 2.05) is 53.8 Å². The van der Waals surface area contributed by atoms with Gasteiger partial charge in [-0.2, -0.15) is 0 Å². The van der Waals surface area contributed by atoms with E-state index in [2.05, 4.69) is 144 Å². The summed E-state index contributed by atoms with van der Waals surface area (Å²) in [6.45, 7) is 0. The molecule has 0 fully saturated rings. The van der Waals surface area contributed by atoms with Gasteiger partial charge in [0, 0.05) is 48.4 Å². The molecule has 4 heteroatoms. The Labute approximate surface area is 299 Å². The van der Waals surface area contributed by atoms with Gasteiger partial charge in [-0.1, -0.05) is 115 Å². The molecular formula is C47H30N2OS. The molecule has 2 aromatic heterocycles. The molecule has 0 saturated heterocycles. The van der Waals surface area contributed by atoms with E-state index < -0.39 is 0 Å². The van der Waals surface area contributed by atoms with E-state index in [1.165, 1.54) is 42.1 Å². The van der Waals surface area contributed by atoms with Crippen LogP contribution in [0.1, 0.15) is 0 Å². The van der Waals surface area contributed by atoms with Crippen molar-refractivity contribution in [3.63, 3.8) is 0 Å². The van der Waals surface area contributed by atoms with Crippen LogP contribution in [0.15, 0.2) is 186 Å². The molecular weight excluding hydrogens is 641 g/mol. The van der Waals surface area contributed by atoms with E-state index in [1.54, 1.807) is 0 Å². The van der Waals surface area contributed by atoms with Crippen molar-refractivity contribution in [3.05, 3.63) is 182 Å². The smallest absolute Gasteiger partial charge is 0.227 e. The summed E-state index contributed by atoms with van der Waals surface area (Å²) in [5, 5.41) is 5.07. The number of anilines is 3. The summed E-state index contributed by atoms with van der Waals surface area (Å²) in [5.41, 5.74) is 10.4. The summed E-state index contributed by atoms with van der Waals surface area (Å²) in [5.74, 6) is 0.628. The molecule has 0 aliphatic heterocycles. The number of aromatic nitrogens is 1. The first-order valence-electron chi connectivity index (χ1n) is 17.1. The fraction of sp³-hybridized carbons (Fsp3) is 0. The minimum Gasteiger partial charge on any atom is -0.436 e. The molecule has 51 heavy (non-hydrogen) atoms. The lowest BCUT2D eigenvalue weighted by atomic mass is 10.00. The number of fused-ring (bicyclic) bond motifs is 5. The van der Waals surface area contributed by atoms with Crippen molar-refractivity contribution in [3.8, 4) is 33.7 Å². The molecule has 0 saturated carbocycles. The molecule has 0 amide bonds. The summed E-state index contributed by atoms with van der Waals surface area (Å²) in [4.78, 5) is 7.30. The van der Waals surface area contributed by atoms with Crippen molar-refractivity contribution in [1.29, 1.82) is 0 Å². The predicted octanol–water partition coefficient (Wildman–Crippen LogP) is 13.8. The van der Waals surface area contributed by atoms with Gasteiger partial charge in [0.15, 0.2) is 5.58 Å². The van der Waals surface area contributed by atoms with E-state index in [0.29, 0.717) is 5.89 Å². The maximum absolute atomic E-state index is 6.20. The van der Waals surface area contributed by atoms with E-state index in [9.17, 15) is 0 Å². The zero-order chi connectivity index (χ0) is 33.7. The van der Waals surface area contributed by atoms with Crippen LogP contribution in [-0.4, -0.2) is 4.98 Å². The Morgan fingerprint density at radius 2 is 1.12 bits per heavy atom. The highest BCUT2D eigenvalue weighted by Gasteiger charge is 2.17. The summed E-state index contributed by atoms with van der Waals surface area (Å²) in [6, 6.07) is 64.7. The standard InChI is InChI=1S/C47H30N2OS/c1-2-11-33(12-3-1)47-48-46-40(17-9-18-43(46)50-47)32-22-24-37(25-23-32)49(39-26-27-42-41-16-6-7-19-44(41)51-45(42)30-39)38-15-8-14-35(29-38)36-21-20-31-10-4-5-13-34(31)28-36/h1-30H. The molecule has 3 nitrogen and oxygen atoms in total. The zero-order valence-corrected chi connectivity index (χ0v) is 28.3. The van der Waals surface area contributed by atoms with Crippen LogP contribution in [-0.2, 0) is 0 Å². The first kappa shape index (κ1) is 29.4. The van der Waals surface area contributed by atoms with Crippen LogP contribution >= 0.6 is 11.3 Å². The molecule has 0 radical (unpaired) electrons. The minimum absolute atomic E-state index is 0.628. The highest BCUT2D eigenvalue weighted by atomic mass is 32.1. The number of hydrogen-bond donors (Lipinski definition) is 0. The van der Waals surface area contributed by atoms with Crippen LogP contribution in [0.4, 0.5) is 17.1 Å². The van der Waals surface area contributed by atoms with Crippen LogP contribution in [0.5, 0.6) is 0 Å². The normalized spacial score (nSPS) is 11.5. The first-order valence-corrected chi connectivity index (χ1v) is 17.9. The quantitative estimate of drug-likeness (QED) is 0.176. The Balaban J connectivity index is 1.09. The van der Waals surface area contributed by atoms with Crippen molar-refractivity contribution in [2.45, 2.75) is 0 Å². The maximum Gasteiger partial charge on any atom is 0.227 e. The maximum atomic E-state index is 6.20. The number of para-hydroxylation sites is 1. The monoisotopic (exact) mass is 670 g/mol. The third-order valence-electron chi connectivity index (χ3n) is 9.68. The molecule has 240 valence electrons. The van der Waals surface area contributed by atoms with Gasteiger partial charge in [0.1, 0.15) is 5.52 Å². The minimum atomic E-state index is 0.628. The van der Waals surface area contributed by atoms with Gasteiger partial charge in [-0.25, -0.2) is 4.98 Å². The van der Waals surface area contributed by atoms with E-state index in [4.69, 9.17) is 9.40 Å². The topological polar surface area (TPSA) is 29.3 Å². The van der Waals surface area contributed by atoms with Crippen molar-refractivity contribution < 1.29 is 4.42 Å². The summed E-state index contributed by atoms with van der Waals surface area (Å²) in [7, 11) is 0. The summed E-state index contributed by atoms with van der Waals surface area (Å²) >= 11 is 1.84. The lowest BCUT2D eigenvalue weighted by molar-refractivity contribution is 0.620. The second kappa shape index (κ2) is 12.1. The molecule has 0 aliphatic carbocycles. The summed E-state index contributed by atoms with van der Waals surface area (Å²) < 4.78 is 8.78. The molecule has 10 rings (SSSR count). The fourth-order valence-electron chi connectivity index (χ4n) is 7.17. The lowest BCUT2D eigenvalue weighted by Gasteiger charge is -2.26. The number of benzene rings is 8. The van der Waals surface area contributed by atoms with Crippen molar-refractivity contribution in [1.82, 2.24) is 4.98 Å². The summed E-state index contributed by atoms with van der Waals surface area (Å²) in [6.07, 6.45) is 0. The average Bonchev–Trinajstić information content (AvgIpc) is 3.80. The molecule has 2 heterocycles. The SMILES string of the molecule is c1ccc(-c2nc3c(-c4ccc(N(c5cccc(-c6ccc7ccccc7c6)c5)c5ccc6c(c5)sc5ccccc56)cc4)cccc3o2)cc1. The predicted molar refractivity (Wildman–Crippen MR) is 215 cm³/mol. The molecule has 0 spiro atoms. The van der Waals surface area contributed by atoms with Gasteiger partial charge in [-0.15, -0.1) is 11.3 Å². The fourth-order valence-corrected chi connectivity index (χ4v) is 8.31. The van der Waals surface area contributed by atoms with Gasteiger partial charge < -0.3 is 9.32 Å². The number of thiophene rings is 1. The second-order valence-electron chi connectivity index (χ2n) is 12.8. The zero-order valence-electron chi connectivity index (χ0n) is 27.5. The Morgan fingerprint density at radius 1 is 0.431 bits per heavy atom. The number of oxazole rings is 1. The van der Waals surface area contributed by atoms with E-state index in [-0.39, 0.29) is 0 Å². The Morgan fingerprint density at radius 3 is 2.02 bits per heavy atom. The highest BCUT2D eigenvalue weighted by molar-refractivity contribution is 7.25. The molecule has 0 N–H and O–H groups in total. The van der Waals surface area contributed by atoms with Crippen LogP contribution in [0.2, 0.25) is 0 Å². The Hall–Kier alpha value is -6.49. The molecule has 0 aliphatic rings. The van der Waals surface area contributed by atoms with Crippen LogP contribution in [0, 0.1) is 0 Å². The molecule has 0 unspecified atom stereocenters. The van der Waals surface area contributed by atoms with Gasteiger partial charge in [0.2, 0.25) is 5.89 Å². The number of nitrogens with zero attached hydrogens (tertiary/aromatic N) is 2. The van der Waals surface area contributed by atoms with E-state index >= 15 is 0 Å². The van der Waals surface area contributed by atoms with Gasteiger partial charge in [0.05, 0.1) is 0 Å². The largest absolute Gasteiger partial charge is 0.436 e. The second-order valence-corrected chi connectivity index (χ2v) is 13.9. The van der Waals surface area contributed by atoms with E-state index in [0.717, 1.165) is 44.9 Å². The highest BCUT2D eigenvalue weighted by Crippen LogP contribution is 2.42. The Bertz CT molecular complexity index is 2870. The number of hydrogen-bond acceptors (Lipinski definition) is 4. The average molecular weight is 671 g/mol. The molecule has 10 aromatic rings. The third kappa shape index (κ3) is 5.25. The van der Waals surface area contributed by atoms with Gasteiger partial charge in [-0.3, -0.25) is 0 Å². The van der Waals surface area contributed by atoms with Crippen LogP contribution < -0.4 is 4.90 Å². The molecule has 0 bridgehead atoms. The van der Waals surface area contributed by atoms with Gasteiger partial charge >= 0.3 is 0 Å².